The van der Waals surface area contributed by atoms with Crippen LogP contribution in [0.4, 0.5) is 5.69 Å². The van der Waals surface area contributed by atoms with Gasteiger partial charge in [0.2, 0.25) is 6.10 Å². The van der Waals surface area contributed by atoms with Gasteiger partial charge in [-0.25, -0.2) is 4.79 Å². The Balaban J connectivity index is 1.46. The Morgan fingerprint density at radius 3 is 2.65 bits per heavy atom. The van der Waals surface area contributed by atoms with Crippen molar-refractivity contribution in [3.63, 3.8) is 0 Å². The Kier molecular flexibility index (Phi) is 7.03. The monoisotopic (exact) mass is 477 g/mol. The first kappa shape index (κ1) is 23.2. The van der Waals surface area contributed by atoms with E-state index < -0.39 is 23.7 Å². The zero-order valence-electron chi connectivity index (χ0n) is 18.7. The van der Waals surface area contributed by atoms with Gasteiger partial charge < -0.3 is 14.5 Å². The summed E-state index contributed by atoms with van der Waals surface area (Å²) in [5, 5.41) is 8.84. The summed E-state index contributed by atoms with van der Waals surface area (Å²) >= 11 is 1.39. The number of nitrogens with one attached hydrogen (secondary N) is 1. The molecule has 1 unspecified atom stereocenters. The van der Waals surface area contributed by atoms with Gasteiger partial charge >= 0.3 is 11.7 Å². The first-order valence-electron chi connectivity index (χ1n) is 10.6. The van der Waals surface area contributed by atoms with Gasteiger partial charge in [-0.2, -0.15) is 4.68 Å². The van der Waals surface area contributed by atoms with Crippen LogP contribution in [0.1, 0.15) is 29.2 Å². The Hall–Kier alpha value is -3.98. The summed E-state index contributed by atoms with van der Waals surface area (Å²) in [6.45, 7) is 3.78. The number of hydrogen-bond donors (Lipinski definition) is 1. The molecule has 1 N–H and O–H groups in total. The van der Waals surface area contributed by atoms with E-state index in [9.17, 15) is 14.4 Å². The third-order valence-electron chi connectivity index (χ3n) is 5.11. The standard InChI is InChI=1S/C25H23N3O5S/c1-16-10-11-17(2)19(15-16)26-23(30)22(18-7-4-3-5-8-18)32-21(29)12-13-28-25(31)33-24(27-28)20-9-6-14-34-20/h3-11,14-15,22H,12-13H2,1-2H3,(H,26,30). The second-order valence-corrected chi connectivity index (χ2v) is 8.66. The van der Waals surface area contributed by atoms with Gasteiger partial charge in [-0.05, 0) is 42.5 Å². The molecule has 0 radical (unpaired) electrons. The highest BCUT2D eigenvalue weighted by Gasteiger charge is 2.26. The zero-order chi connectivity index (χ0) is 24.1. The minimum Gasteiger partial charge on any atom is -0.447 e. The minimum absolute atomic E-state index is 0.0351. The second-order valence-electron chi connectivity index (χ2n) is 7.71. The summed E-state index contributed by atoms with van der Waals surface area (Å²) in [5.74, 6) is -1.57. The molecule has 0 bridgehead atoms. The van der Waals surface area contributed by atoms with Gasteiger partial charge in [-0.1, -0.05) is 48.5 Å². The molecule has 34 heavy (non-hydrogen) atoms. The number of hydrogen-bond acceptors (Lipinski definition) is 7. The molecule has 4 aromatic rings. The molecular formula is C25H23N3O5S. The lowest BCUT2D eigenvalue weighted by Crippen LogP contribution is -2.27. The highest BCUT2D eigenvalue weighted by molar-refractivity contribution is 7.13. The maximum absolute atomic E-state index is 13.1. The van der Waals surface area contributed by atoms with E-state index in [2.05, 4.69) is 10.4 Å². The normalized spacial score (nSPS) is 11.7. The molecule has 4 rings (SSSR count). The van der Waals surface area contributed by atoms with E-state index in [0.29, 0.717) is 16.1 Å². The average molecular weight is 478 g/mol. The van der Waals surface area contributed by atoms with Crippen molar-refractivity contribution in [1.29, 1.82) is 0 Å². The van der Waals surface area contributed by atoms with Crippen molar-refractivity contribution in [3.05, 3.63) is 93.3 Å². The van der Waals surface area contributed by atoms with E-state index >= 15 is 0 Å². The van der Waals surface area contributed by atoms with Crippen molar-refractivity contribution < 1.29 is 18.7 Å². The number of aromatic nitrogens is 2. The van der Waals surface area contributed by atoms with Crippen LogP contribution in [0.25, 0.3) is 10.8 Å². The van der Waals surface area contributed by atoms with Gasteiger partial charge in [0.25, 0.3) is 11.8 Å². The van der Waals surface area contributed by atoms with Gasteiger partial charge in [-0.3, -0.25) is 9.59 Å². The molecular weight excluding hydrogens is 454 g/mol. The summed E-state index contributed by atoms with van der Waals surface area (Å²) < 4.78 is 11.8. The number of carbonyl (C=O) groups excluding carboxylic acids is 2. The molecule has 9 heteroatoms. The minimum atomic E-state index is -1.15. The lowest BCUT2D eigenvalue weighted by Gasteiger charge is -2.19. The molecule has 0 saturated carbocycles. The Morgan fingerprint density at radius 2 is 1.91 bits per heavy atom. The predicted octanol–water partition coefficient (Wildman–Crippen LogP) is 4.49. The van der Waals surface area contributed by atoms with E-state index in [1.165, 1.54) is 11.3 Å². The van der Waals surface area contributed by atoms with Crippen LogP contribution in [0.15, 0.2) is 75.3 Å². The van der Waals surface area contributed by atoms with Crippen LogP contribution in [0.2, 0.25) is 0 Å². The van der Waals surface area contributed by atoms with Gasteiger partial charge in [0.1, 0.15) is 0 Å². The van der Waals surface area contributed by atoms with Crippen LogP contribution >= 0.6 is 11.3 Å². The zero-order valence-corrected chi connectivity index (χ0v) is 19.5. The van der Waals surface area contributed by atoms with Gasteiger partial charge in [0.15, 0.2) is 0 Å². The number of esters is 1. The fraction of sp³-hybridized carbons (Fsp3) is 0.200. The lowest BCUT2D eigenvalue weighted by atomic mass is 10.1. The van der Waals surface area contributed by atoms with Crippen molar-refractivity contribution in [3.8, 4) is 10.8 Å². The quantitative estimate of drug-likeness (QED) is 0.375. The number of nitrogens with zero attached hydrogens (tertiary/aromatic N) is 2. The molecule has 0 aliphatic carbocycles. The predicted molar refractivity (Wildman–Crippen MR) is 129 cm³/mol. The third-order valence-corrected chi connectivity index (χ3v) is 5.96. The van der Waals surface area contributed by atoms with Gasteiger partial charge in [0.05, 0.1) is 17.8 Å². The molecule has 0 saturated heterocycles. The lowest BCUT2D eigenvalue weighted by molar-refractivity contribution is -0.155. The molecule has 8 nitrogen and oxygen atoms in total. The highest BCUT2D eigenvalue weighted by Crippen LogP contribution is 2.24. The first-order chi connectivity index (χ1) is 16.4. The van der Waals surface area contributed by atoms with E-state index in [4.69, 9.17) is 9.15 Å². The molecule has 1 amide bonds. The molecule has 0 aliphatic rings. The van der Waals surface area contributed by atoms with Crippen molar-refractivity contribution in [2.75, 3.05) is 5.32 Å². The molecule has 174 valence electrons. The number of anilines is 1. The molecule has 0 aliphatic heterocycles. The summed E-state index contributed by atoms with van der Waals surface area (Å²) in [6, 6.07) is 18.1. The number of benzene rings is 2. The summed E-state index contributed by atoms with van der Waals surface area (Å²) in [7, 11) is 0. The maximum atomic E-state index is 13.1. The third kappa shape index (κ3) is 5.49. The number of rotatable bonds is 8. The summed E-state index contributed by atoms with van der Waals surface area (Å²) in [6.07, 6.45) is -1.31. The number of aryl methyl sites for hydroxylation is 3. The molecule has 0 fully saturated rings. The average Bonchev–Trinajstić information content (AvgIpc) is 3.49. The van der Waals surface area contributed by atoms with Crippen molar-refractivity contribution in [2.45, 2.75) is 32.9 Å². The van der Waals surface area contributed by atoms with Crippen LogP contribution in [0.3, 0.4) is 0 Å². The van der Waals surface area contributed by atoms with Crippen molar-refractivity contribution >= 4 is 28.9 Å². The molecule has 2 aromatic carbocycles. The van der Waals surface area contributed by atoms with E-state index in [0.717, 1.165) is 15.8 Å². The van der Waals surface area contributed by atoms with Crippen LogP contribution in [0, 0.1) is 13.8 Å². The van der Waals surface area contributed by atoms with Crippen LogP contribution in [-0.2, 0) is 20.9 Å². The largest absolute Gasteiger partial charge is 0.447 e. The SMILES string of the molecule is Cc1ccc(C)c(NC(=O)C(OC(=O)CCn2nc(-c3cccs3)oc2=O)c2ccccc2)c1. The fourth-order valence-corrected chi connectivity index (χ4v) is 3.95. The molecule has 0 spiro atoms. The van der Waals surface area contributed by atoms with Crippen LogP contribution in [-0.4, -0.2) is 21.7 Å². The first-order valence-corrected chi connectivity index (χ1v) is 11.5. The van der Waals surface area contributed by atoms with Gasteiger partial charge in [0, 0.05) is 11.3 Å². The Bertz CT molecular complexity index is 1340. The summed E-state index contributed by atoms with van der Waals surface area (Å²) in [4.78, 5) is 38.6. The topological polar surface area (TPSA) is 103 Å². The highest BCUT2D eigenvalue weighted by atomic mass is 32.1. The van der Waals surface area contributed by atoms with E-state index in [-0.39, 0.29) is 18.9 Å². The summed E-state index contributed by atoms with van der Waals surface area (Å²) in [5.41, 5.74) is 3.08. The maximum Gasteiger partial charge on any atom is 0.437 e. The Morgan fingerprint density at radius 1 is 1.12 bits per heavy atom. The smallest absolute Gasteiger partial charge is 0.437 e. The number of carbonyl (C=O) groups is 2. The number of amides is 1. The van der Waals surface area contributed by atoms with Crippen LogP contribution in [0.5, 0.6) is 0 Å². The van der Waals surface area contributed by atoms with Crippen molar-refractivity contribution in [1.82, 2.24) is 9.78 Å². The Labute approximate surface area is 199 Å². The number of thiophene rings is 1. The second kappa shape index (κ2) is 10.3. The fourth-order valence-electron chi connectivity index (χ4n) is 3.30. The van der Waals surface area contributed by atoms with Gasteiger partial charge in [-0.15, -0.1) is 16.4 Å². The number of ether oxygens (including phenoxy) is 1. The molecule has 2 aromatic heterocycles. The van der Waals surface area contributed by atoms with E-state index in [1.54, 1.807) is 30.3 Å². The molecule has 2 heterocycles. The van der Waals surface area contributed by atoms with Crippen LogP contribution < -0.4 is 11.1 Å². The van der Waals surface area contributed by atoms with E-state index in [1.807, 2.05) is 49.6 Å². The van der Waals surface area contributed by atoms with Crippen molar-refractivity contribution in [2.24, 2.45) is 0 Å². The molecule has 1 atom stereocenters.